The van der Waals surface area contributed by atoms with E-state index in [2.05, 4.69) is 4.99 Å². The highest BCUT2D eigenvalue weighted by molar-refractivity contribution is 7.91. The molecule has 0 N–H and O–H groups in total. The number of halogens is 1. The molecule has 3 aromatic rings. The van der Waals surface area contributed by atoms with E-state index < -0.39 is 9.84 Å². The van der Waals surface area contributed by atoms with Crippen molar-refractivity contribution in [2.45, 2.75) is 24.3 Å². The number of rotatable bonds is 9. The first-order valence-electron chi connectivity index (χ1n) is 9.56. The number of benzene rings is 2. The standard InChI is InChI=1S/C21H23ClN2O5S2/c1-28-12-11-24-18-10-5-15(22)14-19(18)30-21(24)23-20(25)4-3-13-31(26,27)17-8-6-16(29-2)7-9-17/h5-10,14H,3-4,11-13H2,1-2H3. The fraction of sp³-hybridized carbons (Fsp3) is 0.333. The van der Waals surface area contributed by atoms with Gasteiger partial charge in [0.15, 0.2) is 14.6 Å². The van der Waals surface area contributed by atoms with Crippen LogP contribution >= 0.6 is 22.9 Å². The summed E-state index contributed by atoms with van der Waals surface area (Å²) in [5.41, 5.74) is 0.917. The number of sulfone groups is 1. The van der Waals surface area contributed by atoms with Crippen LogP contribution in [0.15, 0.2) is 52.4 Å². The van der Waals surface area contributed by atoms with Gasteiger partial charge < -0.3 is 14.0 Å². The van der Waals surface area contributed by atoms with Crippen molar-refractivity contribution in [3.63, 3.8) is 0 Å². The third-order valence-corrected chi connectivity index (χ3v) is 7.70. The van der Waals surface area contributed by atoms with Gasteiger partial charge in [-0.05, 0) is 48.9 Å². The summed E-state index contributed by atoms with van der Waals surface area (Å²) in [5.74, 6) is 0.0832. The van der Waals surface area contributed by atoms with Crippen LogP contribution in [-0.4, -0.2) is 45.5 Å². The van der Waals surface area contributed by atoms with Gasteiger partial charge in [-0.3, -0.25) is 4.79 Å². The minimum Gasteiger partial charge on any atom is -0.497 e. The first-order chi connectivity index (χ1) is 14.8. The molecule has 0 aliphatic heterocycles. The van der Waals surface area contributed by atoms with Gasteiger partial charge in [0.2, 0.25) is 5.91 Å². The second-order valence-corrected chi connectivity index (χ2v) is 10.3. The third-order valence-electron chi connectivity index (χ3n) is 4.61. The van der Waals surface area contributed by atoms with Gasteiger partial charge in [-0.1, -0.05) is 22.9 Å². The highest BCUT2D eigenvalue weighted by Gasteiger charge is 2.15. The van der Waals surface area contributed by atoms with Gasteiger partial charge in [0.1, 0.15) is 5.75 Å². The molecule has 0 spiro atoms. The second kappa shape index (κ2) is 10.4. The normalized spacial score (nSPS) is 12.4. The molecule has 0 radical (unpaired) electrons. The number of ether oxygens (including phenoxy) is 2. The maximum Gasteiger partial charge on any atom is 0.248 e. The molecular formula is C21H23ClN2O5S2. The van der Waals surface area contributed by atoms with Crippen LogP contribution in [0.1, 0.15) is 12.8 Å². The number of carbonyl (C=O) groups is 1. The van der Waals surface area contributed by atoms with Gasteiger partial charge in [-0.15, -0.1) is 0 Å². The molecule has 0 aliphatic rings. The van der Waals surface area contributed by atoms with Crippen molar-refractivity contribution in [1.29, 1.82) is 0 Å². The summed E-state index contributed by atoms with van der Waals surface area (Å²) in [6, 6.07) is 11.7. The van der Waals surface area contributed by atoms with Crippen LogP contribution in [0.5, 0.6) is 5.75 Å². The Morgan fingerprint density at radius 3 is 2.58 bits per heavy atom. The number of aromatic nitrogens is 1. The van der Waals surface area contributed by atoms with Crippen molar-refractivity contribution in [1.82, 2.24) is 4.57 Å². The van der Waals surface area contributed by atoms with Gasteiger partial charge in [-0.2, -0.15) is 4.99 Å². The average Bonchev–Trinajstić information content (AvgIpc) is 3.07. The molecule has 2 aromatic carbocycles. The number of amides is 1. The van der Waals surface area contributed by atoms with E-state index in [1.807, 2.05) is 16.7 Å². The molecule has 0 unspecified atom stereocenters. The Bertz CT molecular complexity index is 1230. The molecule has 0 fully saturated rings. The van der Waals surface area contributed by atoms with Crippen LogP contribution in [0.4, 0.5) is 0 Å². The fourth-order valence-electron chi connectivity index (χ4n) is 3.01. The monoisotopic (exact) mass is 482 g/mol. The summed E-state index contributed by atoms with van der Waals surface area (Å²) in [5, 5.41) is 0.606. The molecule has 0 bridgehead atoms. The van der Waals surface area contributed by atoms with E-state index in [4.69, 9.17) is 21.1 Å². The van der Waals surface area contributed by atoms with Crippen molar-refractivity contribution in [2.75, 3.05) is 26.6 Å². The summed E-state index contributed by atoms with van der Waals surface area (Å²) in [6.45, 7) is 1.01. The lowest BCUT2D eigenvalue weighted by molar-refractivity contribution is -0.118. The fourth-order valence-corrected chi connectivity index (χ4v) is 5.67. The number of carbonyl (C=O) groups excluding carboxylic acids is 1. The molecular weight excluding hydrogens is 460 g/mol. The number of thiazole rings is 1. The van der Waals surface area contributed by atoms with Crippen molar-refractivity contribution in [2.24, 2.45) is 4.99 Å². The molecule has 7 nitrogen and oxygen atoms in total. The van der Waals surface area contributed by atoms with Crippen molar-refractivity contribution in [3.8, 4) is 5.75 Å². The molecule has 1 aromatic heterocycles. The largest absolute Gasteiger partial charge is 0.497 e. The van der Waals surface area contributed by atoms with Crippen molar-refractivity contribution in [3.05, 3.63) is 52.3 Å². The Labute approximate surface area is 189 Å². The second-order valence-electron chi connectivity index (χ2n) is 6.74. The van der Waals surface area contributed by atoms with Gasteiger partial charge in [0.25, 0.3) is 0 Å². The lowest BCUT2D eigenvalue weighted by atomic mass is 10.3. The Morgan fingerprint density at radius 1 is 1.16 bits per heavy atom. The zero-order valence-corrected chi connectivity index (χ0v) is 19.6. The summed E-state index contributed by atoms with van der Waals surface area (Å²) in [4.78, 5) is 17.4. The van der Waals surface area contributed by atoms with Crippen LogP contribution in [0.2, 0.25) is 5.02 Å². The SMILES string of the molecule is COCCn1c(=NC(=O)CCCS(=O)(=O)c2ccc(OC)cc2)sc2cc(Cl)ccc21. The van der Waals surface area contributed by atoms with Gasteiger partial charge in [0, 0.05) is 25.1 Å². The van der Waals surface area contributed by atoms with E-state index in [0.29, 0.717) is 28.7 Å². The number of nitrogens with zero attached hydrogens (tertiary/aromatic N) is 2. The molecule has 0 saturated carbocycles. The van der Waals surface area contributed by atoms with E-state index in [9.17, 15) is 13.2 Å². The number of hydrogen-bond acceptors (Lipinski definition) is 6. The lowest BCUT2D eigenvalue weighted by Gasteiger charge is -2.05. The zero-order valence-electron chi connectivity index (χ0n) is 17.2. The Morgan fingerprint density at radius 2 is 1.90 bits per heavy atom. The summed E-state index contributed by atoms with van der Waals surface area (Å²) < 4.78 is 38.0. The highest BCUT2D eigenvalue weighted by atomic mass is 35.5. The minimum absolute atomic E-state index is 0.0364. The van der Waals surface area contributed by atoms with Crippen LogP contribution in [0.25, 0.3) is 10.2 Å². The lowest BCUT2D eigenvalue weighted by Crippen LogP contribution is -2.19. The van der Waals surface area contributed by atoms with Gasteiger partial charge in [0.05, 0.1) is 34.6 Å². The topological polar surface area (TPSA) is 87.0 Å². The Balaban J connectivity index is 1.72. The van der Waals surface area contributed by atoms with Crippen LogP contribution in [-0.2, 0) is 25.9 Å². The van der Waals surface area contributed by atoms with Crippen LogP contribution in [0, 0.1) is 0 Å². The van der Waals surface area contributed by atoms with Crippen LogP contribution in [0.3, 0.4) is 0 Å². The van der Waals surface area contributed by atoms with Crippen molar-refractivity contribution >= 4 is 48.9 Å². The molecule has 1 amide bonds. The molecule has 0 aliphatic carbocycles. The number of fused-ring (bicyclic) bond motifs is 1. The van der Waals surface area contributed by atoms with Gasteiger partial charge >= 0.3 is 0 Å². The molecule has 31 heavy (non-hydrogen) atoms. The first kappa shape index (κ1) is 23.5. The molecule has 10 heteroatoms. The summed E-state index contributed by atoms with van der Waals surface area (Å²) in [6.07, 6.45) is 0.222. The van der Waals surface area contributed by atoms with Gasteiger partial charge in [-0.25, -0.2) is 8.42 Å². The summed E-state index contributed by atoms with van der Waals surface area (Å²) in [7, 11) is -0.357. The average molecular weight is 483 g/mol. The summed E-state index contributed by atoms with van der Waals surface area (Å²) >= 11 is 7.44. The number of methoxy groups -OCH3 is 2. The molecule has 166 valence electrons. The maximum atomic E-state index is 12.5. The highest BCUT2D eigenvalue weighted by Crippen LogP contribution is 2.22. The predicted molar refractivity (Wildman–Crippen MR) is 122 cm³/mol. The first-order valence-corrected chi connectivity index (χ1v) is 12.4. The Hall–Kier alpha value is -2.20. The van der Waals surface area contributed by atoms with E-state index in [-0.39, 0.29) is 29.4 Å². The molecule has 3 rings (SSSR count). The smallest absolute Gasteiger partial charge is 0.248 e. The van der Waals surface area contributed by atoms with E-state index >= 15 is 0 Å². The maximum absolute atomic E-state index is 12.5. The van der Waals surface area contributed by atoms with E-state index in [1.165, 1.54) is 30.6 Å². The predicted octanol–water partition coefficient (Wildman–Crippen LogP) is 3.69. The quantitative estimate of drug-likeness (QED) is 0.464. The molecule has 0 saturated heterocycles. The minimum atomic E-state index is -3.48. The third kappa shape index (κ3) is 5.94. The van der Waals surface area contributed by atoms with E-state index in [0.717, 1.165) is 10.2 Å². The zero-order chi connectivity index (χ0) is 22.4. The molecule has 0 atom stereocenters. The number of hydrogen-bond donors (Lipinski definition) is 0. The molecule has 1 heterocycles. The van der Waals surface area contributed by atoms with E-state index in [1.54, 1.807) is 25.3 Å². The Kier molecular flexibility index (Phi) is 7.88. The van der Waals surface area contributed by atoms with Crippen molar-refractivity contribution < 1.29 is 22.7 Å². The van der Waals surface area contributed by atoms with Crippen LogP contribution < -0.4 is 9.54 Å².